The van der Waals surface area contributed by atoms with Crippen LogP contribution in [0.5, 0.6) is 0 Å². The van der Waals surface area contributed by atoms with Crippen LogP contribution in [-0.4, -0.2) is 49.9 Å². The van der Waals surface area contributed by atoms with Crippen molar-refractivity contribution >= 4 is 11.9 Å². The Morgan fingerprint density at radius 2 is 1.85 bits per heavy atom. The number of likely N-dealkylation sites (tertiary alicyclic amines) is 1. The monoisotopic (exact) mass is 353 g/mol. The van der Waals surface area contributed by atoms with Crippen LogP contribution in [0.2, 0.25) is 0 Å². The fourth-order valence-corrected chi connectivity index (χ4v) is 3.79. The van der Waals surface area contributed by atoms with E-state index in [0.717, 1.165) is 25.3 Å². The van der Waals surface area contributed by atoms with E-state index in [9.17, 15) is 9.59 Å². The zero-order valence-corrected chi connectivity index (χ0v) is 14.9. The minimum atomic E-state index is -0.747. The zero-order valence-electron chi connectivity index (χ0n) is 14.9. The molecule has 2 fully saturated rings. The standard InChI is InChI=1S/C19H23N5O2/c1-22-14-20-11-16(22)13-24-17(25)19(21-18(24)26)7-9-23(10-8-19)12-15-5-3-2-4-6-15/h2-6,11,14H,7-10,12-13H2,1H3,(H,21,26). The maximum atomic E-state index is 13.0. The molecule has 1 spiro atoms. The number of piperidine rings is 1. The highest BCUT2D eigenvalue weighted by molar-refractivity contribution is 6.07. The molecule has 0 atom stereocenters. The van der Waals surface area contributed by atoms with Crippen molar-refractivity contribution in [3.63, 3.8) is 0 Å². The van der Waals surface area contributed by atoms with Gasteiger partial charge in [-0.15, -0.1) is 0 Å². The van der Waals surface area contributed by atoms with Gasteiger partial charge < -0.3 is 9.88 Å². The van der Waals surface area contributed by atoms with Gasteiger partial charge in [0.15, 0.2) is 0 Å². The number of imidazole rings is 1. The first-order valence-electron chi connectivity index (χ1n) is 8.93. The molecule has 2 aromatic rings. The fourth-order valence-electron chi connectivity index (χ4n) is 3.79. The van der Waals surface area contributed by atoms with Gasteiger partial charge >= 0.3 is 6.03 Å². The molecule has 2 aliphatic heterocycles. The summed E-state index contributed by atoms with van der Waals surface area (Å²) in [5.41, 5.74) is 1.36. The van der Waals surface area contributed by atoms with Crippen LogP contribution in [0.25, 0.3) is 0 Å². The molecule has 3 amide bonds. The van der Waals surface area contributed by atoms with Crippen LogP contribution in [0.1, 0.15) is 24.1 Å². The minimum absolute atomic E-state index is 0.108. The van der Waals surface area contributed by atoms with E-state index in [0.29, 0.717) is 12.8 Å². The van der Waals surface area contributed by atoms with Crippen LogP contribution in [0.4, 0.5) is 4.79 Å². The quantitative estimate of drug-likeness (QED) is 0.846. The molecular formula is C19H23N5O2. The van der Waals surface area contributed by atoms with E-state index >= 15 is 0 Å². The van der Waals surface area contributed by atoms with Crippen molar-refractivity contribution in [3.8, 4) is 0 Å². The third kappa shape index (κ3) is 2.99. The molecule has 2 saturated heterocycles. The molecule has 0 radical (unpaired) electrons. The normalized spacial score (nSPS) is 20.0. The van der Waals surface area contributed by atoms with Gasteiger partial charge in [-0.25, -0.2) is 9.78 Å². The topological polar surface area (TPSA) is 70.5 Å². The van der Waals surface area contributed by atoms with Crippen molar-refractivity contribution in [2.24, 2.45) is 7.05 Å². The summed E-state index contributed by atoms with van der Waals surface area (Å²) in [6.45, 7) is 2.72. The molecule has 0 aliphatic carbocycles. The molecule has 1 aromatic carbocycles. The van der Waals surface area contributed by atoms with Crippen LogP contribution >= 0.6 is 0 Å². The first-order chi connectivity index (χ1) is 12.6. The largest absolute Gasteiger partial charge is 0.336 e. The van der Waals surface area contributed by atoms with E-state index in [1.165, 1.54) is 10.5 Å². The van der Waals surface area contributed by atoms with Gasteiger partial charge in [-0.2, -0.15) is 0 Å². The second kappa shape index (κ2) is 6.57. The molecule has 136 valence electrons. The molecular weight excluding hydrogens is 330 g/mol. The van der Waals surface area contributed by atoms with Gasteiger partial charge in [0.05, 0.1) is 18.6 Å². The third-order valence-electron chi connectivity index (χ3n) is 5.44. The lowest BCUT2D eigenvalue weighted by atomic mass is 9.87. The van der Waals surface area contributed by atoms with Gasteiger partial charge in [-0.05, 0) is 18.4 Å². The number of nitrogens with zero attached hydrogens (tertiary/aromatic N) is 4. The molecule has 1 N–H and O–H groups in total. The first-order valence-corrected chi connectivity index (χ1v) is 8.93. The number of aromatic nitrogens is 2. The Kier molecular flexibility index (Phi) is 4.24. The maximum absolute atomic E-state index is 13.0. The summed E-state index contributed by atoms with van der Waals surface area (Å²) in [4.78, 5) is 33.1. The Morgan fingerprint density at radius 3 is 2.50 bits per heavy atom. The summed E-state index contributed by atoms with van der Waals surface area (Å²) < 4.78 is 1.83. The molecule has 2 aliphatic rings. The molecule has 26 heavy (non-hydrogen) atoms. The Labute approximate surface area is 152 Å². The number of nitrogens with one attached hydrogen (secondary N) is 1. The Hall–Kier alpha value is -2.67. The third-order valence-corrected chi connectivity index (χ3v) is 5.44. The Morgan fingerprint density at radius 1 is 1.12 bits per heavy atom. The number of imide groups is 1. The van der Waals surface area contributed by atoms with Crippen molar-refractivity contribution in [1.82, 2.24) is 24.7 Å². The molecule has 3 heterocycles. The van der Waals surface area contributed by atoms with Crippen LogP contribution in [0, 0.1) is 0 Å². The van der Waals surface area contributed by atoms with Crippen molar-refractivity contribution < 1.29 is 9.59 Å². The number of hydrogen-bond donors (Lipinski definition) is 1. The average Bonchev–Trinajstić information content (AvgIpc) is 3.15. The lowest BCUT2D eigenvalue weighted by Crippen LogP contribution is -2.54. The summed E-state index contributed by atoms with van der Waals surface area (Å²) in [7, 11) is 1.86. The predicted octanol–water partition coefficient (Wildman–Crippen LogP) is 1.51. The predicted molar refractivity (Wildman–Crippen MR) is 96.0 cm³/mol. The Balaban J connectivity index is 1.41. The number of hydrogen-bond acceptors (Lipinski definition) is 4. The van der Waals surface area contributed by atoms with E-state index in [-0.39, 0.29) is 18.5 Å². The van der Waals surface area contributed by atoms with Crippen molar-refractivity contribution in [3.05, 3.63) is 54.1 Å². The summed E-state index contributed by atoms with van der Waals surface area (Å²) in [5, 5.41) is 2.97. The van der Waals surface area contributed by atoms with E-state index in [1.807, 2.05) is 29.8 Å². The number of carbonyl (C=O) groups is 2. The van der Waals surface area contributed by atoms with Crippen LogP contribution in [0.3, 0.4) is 0 Å². The highest BCUT2D eigenvalue weighted by Crippen LogP contribution is 2.30. The molecule has 7 nitrogen and oxygen atoms in total. The van der Waals surface area contributed by atoms with E-state index in [2.05, 4.69) is 27.3 Å². The lowest BCUT2D eigenvalue weighted by Gasteiger charge is -2.37. The fraction of sp³-hybridized carbons (Fsp3) is 0.421. The molecule has 7 heteroatoms. The number of carbonyl (C=O) groups excluding carboxylic acids is 2. The van der Waals surface area contributed by atoms with E-state index < -0.39 is 5.54 Å². The number of benzene rings is 1. The number of aryl methyl sites for hydroxylation is 1. The average molecular weight is 353 g/mol. The lowest BCUT2D eigenvalue weighted by molar-refractivity contribution is -0.133. The summed E-state index contributed by atoms with van der Waals surface area (Å²) in [5.74, 6) is -0.108. The van der Waals surface area contributed by atoms with Gasteiger partial charge in [0.1, 0.15) is 5.54 Å². The SMILES string of the molecule is Cn1cncc1CN1C(=O)NC2(CCN(Cc3ccccc3)CC2)C1=O. The zero-order chi connectivity index (χ0) is 18.1. The molecule has 0 bridgehead atoms. The number of rotatable bonds is 4. The summed E-state index contributed by atoms with van der Waals surface area (Å²) in [6, 6.07) is 10.0. The summed E-state index contributed by atoms with van der Waals surface area (Å²) >= 11 is 0. The van der Waals surface area contributed by atoms with Gasteiger partial charge in [0.2, 0.25) is 0 Å². The van der Waals surface area contributed by atoms with Gasteiger partial charge in [-0.1, -0.05) is 30.3 Å². The summed E-state index contributed by atoms with van der Waals surface area (Å²) in [6.07, 6.45) is 4.65. The molecule has 4 rings (SSSR count). The second-order valence-corrected chi connectivity index (χ2v) is 7.16. The Bertz CT molecular complexity index is 808. The molecule has 0 saturated carbocycles. The molecule has 0 unspecified atom stereocenters. The van der Waals surface area contributed by atoms with Crippen LogP contribution in [0.15, 0.2) is 42.9 Å². The van der Waals surface area contributed by atoms with Crippen LogP contribution < -0.4 is 5.32 Å². The van der Waals surface area contributed by atoms with Gasteiger partial charge in [0, 0.05) is 32.9 Å². The van der Waals surface area contributed by atoms with E-state index in [4.69, 9.17) is 0 Å². The van der Waals surface area contributed by atoms with E-state index in [1.54, 1.807) is 12.5 Å². The van der Waals surface area contributed by atoms with Gasteiger partial charge in [-0.3, -0.25) is 14.6 Å². The van der Waals surface area contributed by atoms with Gasteiger partial charge in [0.25, 0.3) is 5.91 Å². The van der Waals surface area contributed by atoms with Crippen LogP contribution in [-0.2, 0) is 24.9 Å². The van der Waals surface area contributed by atoms with Crippen molar-refractivity contribution in [1.29, 1.82) is 0 Å². The smallest absolute Gasteiger partial charge is 0.325 e. The van der Waals surface area contributed by atoms with Crippen molar-refractivity contribution in [2.45, 2.75) is 31.5 Å². The highest BCUT2D eigenvalue weighted by Gasteiger charge is 2.52. The molecule has 1 aromatic heterocycles. The second-order valence-electron chi connectivity index (χ2n) is 7.16. The minimum Gasteiger partial charge on any atom is -0.336 e. The maximum Gasteiger partial charge on any atom is 0.325 e. The number of urea groups is 1. The first kappa shape index (κ1) is 16.8. The number of amides is 3. The highest BCUT2D eigenvalue weighted by atomic mass is 16.2. The van der Waals surface area contributed by atoms with Crippen molar-refractivity contribution in [2.75, 3.05) is 13.1 Å².